The zero-order valence-corrected chi connectivity index (χ0v) is 29.9. The highest BCUT2D eigenvalue weighted by Crippen LogP contribution is 2.42. The van der Waals surface area contributed by atoms with Crippen molar-refractivity contribution in [2.24, 2.45) is 4.99 Å². The fourth-order valence-electron chi connectivity index (χ4n) is 8.42. The summed E-state index contributed by atoms with van der Waals surface area (Å²) in [6.45, 7) is 0. The molecule has 2 atom stereocenters. The zero-order valence-electron chi connectivity index (χ0n) is 29.9. The summed E-state index contributed by atoms with van der Waals surface area (Å²) < 4.78 is 6.51. The van der Waals surface area contributed by atoms with Crippen molar-refractivity contribution in [2.45, 2.75) is 12.3 Å². The number of aliphatic imine (C=N–C) groups is 1. The third kappa shape index (κ3) is 5.46. The molecule has 9 aromatic carbocycles. The lowest BCUT2D eigenvalue weighted by Gasteiger charge is -2.33. The van der Waals surface area contributed by atoms with Gasteiger partial charge in [0.25, 0.3) is 0 Å². The number of amidine groups is 1. The van der Waals surface area contributed by atoms with Crippen LogP contribution in [0.15, 0.2) is 197 Å². The van der Waals surface area contributed by atoms with Gasteiger partial charge in [-0.15, -0.1) is 0 Å². The molecule has 0 amide bonds. The summed E-state index contributed by atoms with van der Waals surface area (Å²) in [4.78, 5) is 5.24. The number of hydrogen-bond acceptors (Lipinski definition) is 4. The Morgan fingerprint density at radius 3 is 1.89 bits per heavy atom. The van der Waals surface area contributed by atoms with E-state index in [2.05, 4.69) is 199 Å². The van der Waals surface area contributed by atoms with Gasteiger partial charge in [0.15, 0.2) is 0 Å². The largest absolute Gasteiger partial charge is 0.456 e. The van der Waals surface area contributed by atoms with Crippen molar-refractivity contribution in [3.05, 3.63) is 205 Å². The summed E-state index contributed by atoms with van der Waals surface area (Å²) in [5.74, 6) is 0.869. The molecule has 10 aromatic rings. The molecule has 0 fully saturated rings. The molecule has 4 heteroatoms. The Morgan fingerprint density at radius 1 is 0.436 bits per heavy atom. The van der Waals surface area contributed by atoms with E-state index in [0.29, 0.717) is 0 Å². The van der Waals surface area contributed by atoms with E-state index in [9.17, 15) is 0 Å². The topological polar surface area (TPSA) is 49.6 Å². The lowest BCUT2D eigenvalue weighted by atomic mass is 9.91. The second-order valence-corrected chi connectivity index (χ2v) is 14.4. The molecule has 4 nitrogen and oxygen atoms in total. The van der Waals surface area contributed by atoms with Crippen LogP contribution in [0.3, 0.4) is 0 Å². The molecule has 0 spiro atoms. The maximum absolute atomic E-state index is 6.51. The quantitative estimate of drug-likeness (QED) is 0.187. The standard InChI is InChI=1S/C51H35N3O/c1-2-13-34(14-3-1)49-52-50(39-24-22-33-12-5-7-16-36(33)30-39)54-51(53-49)44-27-26-42(40-17-8-9-18-41(40)44)43-19-10-20-47-48(43)45-31-38(25-28-46(45)55-47)37-23-21-32-11-4-6-15-35(32)29-37/h1-31,49,51,53H,(H,52,54). The normalized spacial score (nSPS) is 15.8. The van der Waals surface area contributed by atoms with Crippen LogP contribution in [-0.2, 0) is 0 Å². The molecular formula is C51H35N3O. The van der Waals surface area contributed by atoms with Crippen molar-refractivity contribution in [3.63, 3.8) is 0 Å². The Morgan fingerprint density at radius 2 is 1.09 bits per heavy atom. The van der Waals surface area contributed by atoms with Crippen LogP contribution in [0.2, 0.25) is 0 Å². The highest BCUT2D eigenvalue weighted by molar-refractivity contribution is 6.16. The maximum Gasteiger partial charge on any atom is 0.136 e. The number of nitrogens with one attached hydrogen (secondary N) is 2. The minimum atomic E-state index is -0.227. The Balaban J connectivity index is 1.04. The van der Waals surface area contributed by atoms with Gasteiger partial charge in [-0.25, -0.2) is 4.99 Å². The first-order chi connectivity index (χ1) is 27.2. The number of furan rings is 1. The first-order valence-corrected chi connectivity index (χ1v) is 18.8. The van der Waals surface area contributed by atoms with Crippen molar-refractivity contribution in [1.29, 1.82) is 0 Å². The molecule has 260 valence electrons. The Labute approximate surface area is 318 Å². The van der Waals surface area contributed by atoms with E-state index < -0.39 is 0 Å². The Kier molecular flexibility index (Phi) is 7.35. The molecule has 0 aliphatic carbocycles. The highest BCUT2D eigenvalue weighted by atomic mass is 16.3. The second-order valence-electron chi connectivity index (χ2n) is 14.4. The summed E-state index contributed by atoms with van der Waals surface area (Å²) in [5, 5.41) is 17.1. The fourth-order valence-corrected chi connectivity index (χ4v) is 8.42. The van der Waals surface area contributed by atoms with Gasteiger partial charge >= 0.3 is 0 Å². The van der Waals surface area contributed by atoms with Crippen LogP contribution >= 0.6 is 0 Å². The van der Waals surface area contributed by atoms with Gasteiger partial charge in [-0.2, -0.15) is 0 Å². The lowest BCUT2D eigenvalue weighted by molar-refractivity contribution is 0.411. The van der Waals surface area contributed by atoms with Crippen LogP contribution in [0.5, 0.6) is 0 Å². The van der Waals surface area contributed by atoms with Gasteiger partial charge in [-0.1, -0.05) is 158 Å². The summed E-state index contributed by atoms with van der Waals surface area (Å²) in [7, 11) is 0. The monoisotopic (exact) mass is 705 g/mol. The molecule has 0 saturated heterocycles. The maximum atomic E-state index is 6.51. The number of nitrogens with zero attached hydrogens (tertiary/aromatic N) is 1. The first-order valence-electron chi connectivity index (χ1n) is 18.8. The van der Waals surface area contributed by atoms with Crippen LogP contribution in [0, 0.1) is 0 Å². The van der Waals surface area contributed by atoms with Crippen LogP contribution in [0.25, 0.3) is 76.5 Å². The molecule has 0 bridgehead atoms. The number of benzene rings is 9. The second kappa shape index (κ2) is 12.8. The molecule has 2 unspecified atom stereocenters. The van der Waals surface area contributed by atoms with Crippen LogP contribution in [-0.4, -0.2) is 5.84 Å². The molecule has 1 aliphatic rings. The molecule has 55 heavy (non-hydrogen) atoms. The van der Waals surface area contributed by atoms with Gasteiger partial charge in [-0.3, -0.25) is 5.32 Å². The van der Waals surface area contributed by atoms with E-state index in [1.54, 1.807) is 0 Å². The molecule has 11 rings (SSSR count). The van der Waals surface area contributed by atoms with Crippen LogP contribution in [0.1, 0.15) is 29.0 Å². The van der Waals surface area contributed by atoms with E-state index in [-0.39, 0.29) is 12.3 Å². The Bertz CT molecular complexity index is 3120. The van der Waals surface area contributed by atoms with Crippen molar-refractivity contribution in [2.75, 3.05) is 0 Å². The fraction of sp³-hybridized carbons (Fsp3) is 0.0392. The van der Waals surface area contributed by atoms with E-state index >= 15 is 0 Å². The summed E-state index contributed by atoms with van der Waals surface area (Å²) in [6.07, 6.45) is -0.423. The molecule has 1 aliphatic heterocycles. The third-order valence-corrected chi connectivity index (χ3v) is 11.1. The minimum absolute atomic E-state index is 0.196. The number of hydrogen-bond donors (Lipinski definition) is 2. The van der Waals surface area contributed by atoms with E-state index in [1.807, 2.05) is 0 Å². The third-order valence-electron chi connectivity index (χ3n) is 11.1. The minimum Gasteiger partial charge on any atom is -0.456 e. The average molecular weight is 706 g/mol. The van der Waals surface area contributed by atoms with E-state index in [1.165, 1.54) is 49.0 Å². The van der Waals surface area contributed by atoms with Gasteiger partial charge in [0, 0.05) is 16.3 Å². The summed E-state index contributed by atoms with van der Waals surface area (Å²) in [5.41, 5.74) is 9.80. The zero-order chi connectivity index (χ0) is 36.3. The van der Waals surface area contributed by atoms with E-state index in [4.69, 9.17) is 9.41 Å². The number of rotatable bonds is 5. The van der Waals surface area contributed by atoms with Gasteiger partial charge in [0.05, 0.1) is 0 Å². The molecule has 1 aromatic heterocycles. The average Bonchev–Trinajstić information content (AvgIpc) is 3.64. The van der Waals surface area contributed by atoms with Crippen molar-refractivity contribution >= 4 is 60.1 Å². The van der Waals surface area contributed by atoms with Gasteiger partial charge in [0.2, 0.25) is 0 Å². The number of fused-ring (bicyclic) bond motifs is 6. The summed E-state index contributed by atoms with van der Waals surface area (Å²) in [6, 6.07) is 67.1. The highest BCUT2D eigenvalue weighted by Gasteiger charge is 2.27. The SMILES string of the molecule is c1ccc(C2N=C(c3ccc4ccccc4c3)NC(c3ccc(-c4cccc5oc6ccc(-c7ccc8ccccc8c7)cc6c45)c4ccccc34)N2)cc1. The van der Waals surface area contributed by atoms with Crippen molar-refractivity contribution in [1.82, 2.24) is 10.6 Å². The first kappa shape index (κ1) is 31.5. The molecule has 0 radical (unpaired) electrons. The molecular weight excluding hydrogens is 671 g/mol. The van der Waals surface area contributed by atoms with Crippen molar-refractivity contribution < 1.29 is 4.42 Å². The molecule has 0 saturated carbocycles. The Hall–Kier alpha value is -7.01. The predicted molar refractivity (Wildman–Crippen MR) is 228 cm³/mol. The lowest BCUT2D eigenvalue weighted by Crippen LogP contribution is -2.45. The van der Waals surface area contributed by atoms with Gasteiger partial charge in [0.1, 0.15) is 29.3 Å². The van der Waals surface area contributed by atoms with E-state index in [0.717, 1.165) is 50.0 Å². The van der Waals surface area contributed by atoms with Crippen molar-refractivity contribution in [3.8, 4) is 22.3 Å². The van der Waals surface area contributed by atoms with Crippen LogP contribution < -0.4 is 10.6 Å². The predicted octanol–water partition coefficient (Wildman–Crippen LogP) is 12.7. The summed E-state index contributed by atoms with van der Waals surface area (Å²) >= 11 is 0. The van der Waals surface area contributed by atoms with Gasteiger partial charge < -0.3 is 9.73 Å². The molecule has 2 heterocycles. The smallest absolute Gasteiger partial charge is 0.136 e. The van der Waals surface area contributed by atoms with Crippen LogP contribution in [0.4, 0.5) is 0 Å². The molecule has 2 N–H and O–H groups in total. The van der Waals surface area contributed by atoms with Gasteiger partial charge in [-0.05, 0) is 96.0 Å².